The molecule has 0 saturated heterocycles. The highest BCUT2D eigenvalue weighted by Crippen LogP contribution is 2.30. The maximum Gasteiger partial charge on any atom is 0.220 e. The largest absolute Gasteiger partial charge is 0.441 e. The van der Waals surface area contributed by atoms with Crippen LogP contribution in [0, 0.1) is 0 Å². The quantitative estimate of drug-likeness (QED) is 0.421. The highest BCUT2D eigenvalue weighted by atomic mass is 35.5. The second-order valence-electron chi connectivity index (χ2n) is 6.96. The lowest BCUT2D eigenvalue weighted by Gasteiger charge is -2.14. The predicted octanol–water partition coefficient (Wildman–Crippen LogP) is 5.04. The van der Waals surface area contributed by atoms with Crippen molar-refractivity contribution in [3.05, 3.63) is 82.8 Å². The second kappa shape index (κ2) is 9.32. The Hall–Kier alpha value is -3.16. The number of rotatable bonds is 7. The smallest absolute Gasteiger partial charge is 0.220 e. The highest BCUT2D eigenvalue weighted by Gasteiger charge is 2.14. The molecule has 1 atom stereocenters. The Labute approximate surface area is 189 Å². The Balaban J connectivity index is 1.31. The van der Waals surface area contributed by atoms with Gasteiger partial charge in [0.25, 0.3) is 0 Å². The number of halogens is 2. The van der Waals surface area contributed by atoms with Gasteiger partial charge in [0.1, 0.15) is 12.7 Å². The molecule has 2 heterocycles. The summed E-state index contributed by atoms with van der Waals surface area (Å²) in [6.07, 6.45) is 5.36. The molecule has 0 bridgehead atoms. The van der Waals surface area contributed by atoms with Crippen LogP contribution in [0.3, 0.4) is 0 Å². The number of hydrogen-bond donors (Lipinski definition) is 1. The van der Waals surface area contributed by atoms with E-state index in [9.17, 15) is 4.79 Å². The Morgan fingerprint density at radius 2 is 2.00 bits per heavy atom. The normalized spacial score (nSPS) is 12.0. The van der Waals surface area contributed by atoms with E-state index in [1.54, 1.807) is 35.4 Å². The van der Waals surface area contributed by atoms with Gasteiger partial charge in [-0.25, -0.2) is 14.6 Å². The summed E-state index contributed by atoms with van der Waals surface area (Å²) in [6, 6.07) is 12.8. The molecule has 0 fully saturated rings. The maximum atomic E-state index is 12.4. The van der Waals surface area contributed by atoms with Gasteiger partial charge in [0.15, 0.2) is 11.7 Å². The lowest BCUT2D eigenvalue weighted by atomic mass is 10.1. The predicted molar refractivity (Wildman–Crippen MR) is 118 cm³/mol. The minimum atomic E-state index is -0.134. The zero-order valence-electron chi connectivity index (χ0n) is 16.6. The van der Waals surface area contributed by atoms with E-state index in [1.165, 1.54) is 6.33 Å². The average molecular weight is 456 g/mol. The lowest BCUT2D eigenvalue weighted by Crippen LogP contribution is -2.26. The number of oxazole rings is 1. The number of nitrogens with one attached hydrogen (secondary N) is 1. The van der Waals surface area contributed by atoms with Gasteiger partial charge in [-0.2, -0.15) is 5.10 Å². The fraction of sp³-hybridized carbons (Fsp3) is 0.182. The topological polar surface area (TPSA) is 85.8 Å². The van der Waals surface area contributed by atoms with Crippen molar-refractivity contribution in [1.29, 1.82) is 0 Å². The average Bonchev–Trinajstić information content (AvgIpc) is 3.45. The van der Waals surface area contributed by atoms with E-state index >= 15 is 0 Å². The second-order valence-corrected chi connectivity index (χ2v) is 7.81. The Morgan fingerprint density at radius 1 is 1.19 bits per heavy atom. The third kappa shape index (κ3) is 5.13. The van der Waals surface area contributed by atoms with Crippen molar-refractivity contribution < 1.29 is 9.21 Å². The van der Waals surface area contributed by atoms with Crippen molar-refractivity contribution in [3.8, 4) is 17.0 Å². The summed E-state index contributed by atoms with van der Waals surface area (Å²) < 4.78 is 7.42. The molecule has 0 spiro atoms. The van der Waals surface area contributed by atoms with E-state index in [1.807, 2.05) is 31.2 Å². The third-order valence-electron chi connectivity index (χ3n) is 4.77. The van der Waals surface area contributed by atoms with Crippen molar-refractivity contribution in [3.63, 3.8) is 0 Å². The molecule has 0 radical (unpaired) electrons. The third-order valence-corrected chi connectivity index (χ3v) is 5.32. The molecule has 1 amide bonds. The molecule has 2 aromatic heterocycles. The number of aryl methyl sites for hydroxylation is 1. The number of carbonyl (C=O) groups is 1. The molecule has 0 saturated carbocycles. The number of amides is 1. The van der Waals surface area contributed by atoms with Crippen LogP contribution in [-0.2, 0) is 11.2 Å². The Bertz CT molecular complexity index is 1170. The van der Waals surface area contributed by atoms with Crippen LogP contribution in [0.2, 0.25) is 10.0 Å². The first kappa shape index (κ1) is 21.1. The fourth-order valence-corrected chi connectivity index (χ4v) is 3.62. The molecular weight excluding hydrogens is 437 g/mol. The minimum Gasteiger partial charge on any atom is -0.441 e. The van der Waals surface area contributed by atoms with Gasteiger partial charge in [0.2, 0.25) is 5.91 Å². The number of aromatic nitrogens is 4. The number of nitrogens with zero attached hydrogens (tertiary/aromatic N) is 4. The van der Waals surface area contributed by atoms with E-state index < -0.39 is 0 Å². The van der Waals surface area contributed by atoms with Gasteiger partial charge < -0.3 is 9.73 Å². The number of hydrogen-bond acceptors (Lipinski definition) is 5. The van der Waals surface area contributed by atoms with Crippen LogP contribution in [0.5, 0.6) is 0 Å². The molecule has 0 aliphatic heterocycles. The molecule has 9 heteroatoms. The summed E-state index contributed by atoms with van der Waals surface area (Å²) in [4.78, 5) is 20.6. The van der Waals surface area contributed by atoms with Gasteiger partial charge in [0, 0.05) is 23.4 Å². The monoisotopic (exact) mass is 455 g/mol. The molecule has 4 aromatic rings. The molecule has 2 aromatic carbocycles. The number of benzene rings is 2. The Kier molecular flexibility index (Phi) is 6.34. The SMILES string of the molecule is CC(NC(=O)CCc1ncc(-c2ccc(Cl)cc2Cl)o1)c1ccc(-n2cncn2)cc1. The van der Waals surface area contributed by atoms with Crippen LogP contribution < -0.4 is 5.32 Å². The van der Waals surface area contributed by atoms with Crippen molar-refractivity contribution in [2.75, 3.05) is 0 Å². The first-order chi connectivity index (χ1) is 15.0. The molecule has 4 rings (SSSR count). The maximum absolute atomic E-state index is 12.4. The van der Waals surface area contributed by atoms with Crippen LogP contribution in [0.4, 0.5) is 0 Å². The molecule has 0 aliphatic rings. The van der Waals surface area contributed by atoms with Gasteiger partial charge in [0.05, 0.1) is 22.9 Å². The molecule has 7 nitrogen and oxygen atoms in total. The van der Waals surface area contributed by atoms with Crippen molar-refractivity contribution in [2.45, 2.75) is 25.8 Å². The first-order valence-corrected chi connectivity index (χ1v) is 10.4. The molecule has 1 N–H and O–H groups in total. The standard InChI is InChI=1S/C22H19Cl2N5O2/c1-14(15-2-5-17(6-3-15)29-13-25-12-27-29)28-21(30)8-9-22-26-11-20(31-22)18-7-4-16(23)10-19(18)24/h2-7,10-14H,8-9H2,1H3,(H,28,30). The summed E-state index contributed by atoms with van der Waals surface area (Å²) in [5, 5.41) is 8.13. The zero-order chi connectivity index (χ0) is 21.8. The van der Waals surface area contributed by atoms with Crippen LogP contribution in [0.1, 0.15) is 30.8 Å². The minimum absolute atomic E-state index is 0.0860. The summed E-state index contributed by atoms with van der Waals surface area (Å²) >= 11 is 12.1. The summed E-state index contributed by atoms with van der Waals surface area (Å²) in [5.41, 5.74) is 2.60. The number of carbonyl (C=O) groups excluding carboxylic acids is 1. The van der Waals surface area contributed by atoms with E-state index in [2.05, 4.69) is 20.4 Å². The summed E-state index contributed by atoms with van der Waals surface area (Å²) in [6.45, 7) is 1.94. The van der Waals surface area contributed by atoms with E-state index in [0.717, 1.165) is 11.3 Å². The van der Waals surface area contributed by atoms with E-state index in [4.69, 9.17) is 27.6 Å². The van der Waals surface area contributed by atoms with Gasteiger partial charge in [-0.15, -0.1) is 0 Å². The van der Waals surface area contributed by atoms with E-state index in [0.29, 0.717) is 33.7 Å². The molecule has 31 heavy (non-hydrogen) atoms. The molecule has 1 unspecified atom stereocenters. The van der Waals surface area contributed by atoms with Crippen LogP contribution >= 0.6 is 23.2 Å². The Morgan fingerprint density at radius 3 is 2.71 bits per heavy atom. The van der Waals surface area contributed by atoms with Crippen LogP contribution in [-0.4, -0.2) is 25.7 Å². The van der Waals surface area contributed by atoms with E-state index in [-0.39, 0.29) is 18.4 Å². The van der Waals surface area contributed by atoms with Crippen LogP contribution in [0.15, 0.2) is 65.7 Å². The fourth-order valence-electron chi connectivity index (χ4n) is 3.11. The van der Waals surface area contributed by atoms with Gasteiger partial charge >= 0.3 is 0 Å². The van der Waals surface area contributed by atoms with Crippen molar-refractivity contribution >= 4 is 29.1 Å². The van der Waals surface area contributed by atoms with Gasteiger partial charge in [-0.05, 0) is 42.8 Å². The van der Waals surface area contributed by atoms with Crippen molar-refractivity contribution in [1.82, 2.24) is 25.1 Å². The lowest BCUT2D eigenvalue weighted by molar-refractivity contribution is -0.121. The highest BCUT2D eigenvalue weighted by molar-refractivity contribution is 6.36. The van der Waals surface area contributed by atoms with Gasteiger partial charge in [-0.1, -0.05) is 35.3 Å². The molecule has 158 valence electrons. The molecular formula is C22H19Cl2N5O2. The first-order valence-electron chi connectivity index (χ1n) is 9.64. The summed E-state index contributed by atoms with van der Waals surface area (Å²) in [7, 11) is 0. The van der Waals surface area contributed by atoms with Crippen LogP contribution in [0.25, 0.3) is 17.0 Å². The van der Waals surface area contributed by atoms with Crippen molar-refractivity contribution in [2.24, 2.45) is 0 Å². The van der Waals surface area contributed by atoms with Gasteiger partial charge in [-0.3, -0.25) is 4.79 Å². The molecule has 0 aliphatic carbocycles. The zero-order valence-corrected chi connectivity index (χ0v) is 18.1. The summed E-state index contributed by atoms with van der Waals surface area (Å²) in [5.74, 6) is 0.927.